The van der Waals surface area contributed by atoms with Crippen LogP contribution in [-0.4, -0.2) is 19.6 Å². The van der Waals surface area contributed by atoms with Gasteiger partial charge in [0.2, 0.25) is 0 Å². The van der Waals surface area contributed by atoms with Crippen molar-refractivity contribution >= 4 is 33.5 Å². The van der Waals surface area contributed by atoms with E-state index >= 15 is 0 Å². The summed E-state index contributed by atoms with van der Waals surface area (Å²) in [7, 11) is 1.58. The quantitative estimate of drug-likeness (QED) is 0.517. The number of fused-ring (bicyclic) bond motifs is 4. The Bertz CT molecular complexity index is 1220. The molecule has 0 saturated carbocycles. The van der Waals surface area contributed by atoms with E-state index in [2.05, 4.69) is 11.4 Å². The second kappa shape index (κ2) is 7.17. The summed E-state index contributed by atoms with van der Waals surface area (Å²) >= 11 is 0. The SMILES string of the molecule is COc1cc2c(cc1NC(=O)COc1ccc3c(c1)CCC3)oc1ccccc12. The third-order valence-electron chi connectivity index (χ3n) is 5.41. The normalized spacial score (nSPS) is 12.9. The maximum absolute atomic E-state index is 12.5. The molecule has 0 unspecified atom stereocenters. The van der Waals surface area contributed by atoms with E-state index in [0.717, 1.165) is 34.9 Å². The molecule has 1 amide bonds. The molecule has 4 aromatic rings. The summed E-state index contributed by atoms with van der Waals surface area (Å²) < 4.78 is 17.1. The maximum Gasteiger partial charge on any atom is 0.262 e. The molecule has 0 aliphatic heterocycles. The first-order chi connectivity index (χ1) is 14.2. The fourth-order valence-electron chi connectivity index (χ4n) is 3.99. The summed E-state index contributed by atoms with van der Waals surface area (Å²) in [5.41, 5.74) is 4.75. The molecule has 1 heterocycles. The van der Waals surface area contributed by atoms with E-state index in [4.69, 9.17) is 13.9 Å². The van der Waals surface area contributed by atoms with Gasteiger partial charge in [0.25, 0.3) is 5.91 Å². The van der Waals surface area contributed by atoms with Crippen LogP contribution in [0.15, 0.2) is 59.0 Å². The number of methoxy groups -OCH3 is 1. The van der Waals surface area contributed by atoms with Crippen LogP contribution in [0.5, 0.6) is 11.5 Å². The number of hydrogen-bond donors (Lipinski definition) is 1. The Hall–Kier alpha value is -3.47. The van der Waals surface area contributed by atoms with Crippen molar-refractivity contribution in [2.45, 2.75) is 19.3 Å². The molecule has 1 N–H and O–H groups in total. The first kappa shape index (κ1) is 17.6. The highest BCUT2D eigenvalue weighted by Gasteiger charge is 2.15. The summed E-state index contributed by atoms with van der Waals surface area (Å²) in [5, 5.41) is 4.83. The Balaban J connectivity index is 1.35. The van der Waals surface area contributed by atoms with Crippen molar-refractivity contribution in [3.05, 3.63) is 65.7 Å². The molecular formula is C24H21NO4. The average Bonchev–Trinajstić information content (AvgIpc) is 3.35. The highest BCUT2D eigenvalue weighted by molar-refractivity contribution is 6.07. The van der Waals surface area contributed by atoms with E-state index < -0.39 is 0 Å². The van der Waals surface area contributed by atoms with E-state index in [0.29, 0.717) is 17.0 Å². The molecule has 1 aliphatic rings. The van der Waals surface area contributed by atoms with Crippen molar-refractivity contribution in [3.8, 4) is 11.5 Å². The van der Waals surface area contributed by atoms with Crippen molar-refractivity contribution in [3.63, 3.8) is 0 Å². The number of rotatable bonds is 5. The first-order valence-corrected chi connectivity index (χ1v) is 9.75. The zero-order valence-electron chi connectivity index (χ0n) is 16.2. The molecule has 146 valence electrons. The van der Waals surface area contributed by atoms with E-state index in [-0.39, 0.29) is 12.5 Å². The minimum atomic E-state index is -0.251. The van der Waals surface area contributed by atoms with Gasteiger partial charge in [-0.05, 0) is 54.7 Å². The number of nitrogens with one attached hydrogen (secondary N) is 1. The lowest BCUT2D eigenvalue weighted by atomic mass is 10.1. The Kier molecular flexibility index (Phi) is 4.35. The highest BCUT2D eigenvalue weighted by Crippen LogP contribution is 2.36. The second-order valence-electron chi connectivity index (χ2n) is 7.27. The average molecular weight is 387 g/mol. The number of hydrogen-bond acceptors (Lipinski definition) is 4. The first-order valence-electron chi connectivity index (χ1n) is 9.75. The lowest BCUT2D eigenvalue weighted by molar-refractivity contribution is -0.118. The number of carbonyl (C=O) groups excluding carboxylic acids is 1. The van der Waals surface area contributed by atoms with Gasteiger partial charge in [-0.1, -0.05) is 24.3 Å². The fourth-order valence-corrected chi connectivity index (χ4v) is 3.99. The zero-order valence-corrected chi connectivity index (χ0v) is 16.2. The molecule has 5 rings (SSSR count). The van der Waals surface area contributed by atoms with E-state index in [1.54, 1.807) is 13.2 Å². The van der Waals surface area contributed by atoms with Crippen LogP contribution in [0.2, 0.25) is 0 Å². The van der Waals surface area contributed by atoms with Crippen LogP contribution in [0.1, 0.15) is 17.5 Å². The molecule has 5 heteroatoms. The number of furan rings is 1. The Morgan fingerprint density at radius 2 is 1.86 bits per heavy atom. The number of amides is 1. The Morgan fingerprint density at radius 3 is 2.76 bits per heavy atom. The van der Waals surface area contributed by atoms with Gasteiger partial charge in [0.15, 0.2) is 6.61 Å². The molecule has 0 spiro atoms. The lowest BCUT2D eigenvalue weighted by Gasteiger charge is -2.11. The van der Waals surface area contributed by atoms with Crippen molar-refractivity contribution in [2.24, 2.45) is 0 Å². The van der Waals surface area contributed by atoms with Gasteiger partial charge in [-0.2, -0.15) is 0 Å². The molecule has 1 aliphatic carbocycles. The molecule has 5 nitrogen and oxygen atoms in total. The number of para-hydroxylation sites is 1. The summed E-state index contributed by atoms with van der Waals surface area (Å²) in [6.07, 6.45) is 3.39. The van der Waals surface area contributed by atoms with Crippen molar-refractivity contribution in [1.82, 2.24) is 0 Å². The third-order valence-corrected chi connectivity index (χ3v) is 5.41. The van der Waals surface area contributed by atoms with Gasteiger partial charge in [0.05, 0.1) is 12.8 Å². The van der Waals surface area contributed by atoms with Gasteiger partial charge in [-0.3, -0.25) is 4.79 Å². The monoisotopic (exact) mass is 387 g/mol. The number of carbonyl (C=O) groups is 1. The van der Waals surface area contributed by atoms with E-state index in [1.807, 2.05) is 42.5 Å². The largest absolute Gasteiger partial charge is 0.495 e. The number of aryl methyl sites for hydroxylation is 2. The highest BCUT2D eigenvalue weighted by atomic mass is 16.5. The number of ether oxygens (including phenoxy) is 2. The standard InChI is InChI=1S/C24H21NO4/c1-27-23-12-19-18-7-2-3-8-21(18)29-22(19)13-20(23)25-24(26)14-28-17-10-9-15-5-4-6-16(15)11-17/h2-3,7-13H,4-6,14H2,1H3,(H,25,26). The molecule has 0 bridgehead atoms. The van der Waals surface area contributed by atoms with Crippen LogP contribution in [-0.2, 0) is 17.6 Å². The van der Waals surface area contributed by atoms with Crippen LogP contribution >= 0.6 is 0 Å². The van der Waals surface area contributed by atoms with Crippen LogP contribution in [0.3, 0.4) is 0 Å². The van der Waals surface area contributed by atoms with Crippen molar-refractivity contribution in [2.75, 3.05) is 19.0 Å². The summed E-state index contributed by atoms with van der Waals surface area (Å²) in [4.78, 5) is 12.5. The maximum atomic E-state index is 12.5. The molecule has 1 aromatic heterocycles. The van der Waals surface area contributed by atoms with Crippen LogP contribution in [0, 0.1) is 0 Å². The fraction of sp³-hybridized carbons (Fsp3) is 0.208. The van der Waals surface area contributed by atoms with Gasteiger partial charge >= 0.3 is 0 Å². The number of benzene rings is 3. The van der Waals surface area contributed by atoms with Crippen molar-refractivity contribution < 1.29 is 18.7 Å². The molecule has 29 heavy (non-hydrogen) atoms. The summed E-state index contributed by atoms with van der Waals surface area (Å²) in [6, 6.07) is 17.6. The summed E-state index contributed by atoms with van der Waals surface area (Å²) in [5.74, 6) is 1.05. The van der Waals surface area contributed by atoms with Gasteiger partial charge in [-0.25, -0.2) is 0 Å². The molecule has 0 radical (unpaired) electrons. The topological polar surface area (TPSA) is 60.7 Å². The van der Waals surface area contributed by atoms with Gasteiger partial charge in [0.1, 0.15) is 22.7 Å². The van der Waals surface area contributed by atoms with Crippen LogP contribution in [0.25, 0.3) is 21.9 Å². The van der Waals surface area contributed by atoms with Gasteiger partial charge in [0, 0.05) is 16.8 Å². The second-order valence-corrected chi connectivity index (χ2v) is 7.27. The molecule has 0 saturated heterocycles. The minimum Gasteiger partial charge on any atom is -0.495 e. The molecule has 3 aromatic carbocycles. The van der Waals surface area contributed by atoms with E-state index in [9.17, 15) is 4.79 Å². The minimum absolute atomic E-state index is 0.0693. The molecule has 0 fully saturated rings. The van der Waals surface area contributed by atoms with E-state index in [1.165, 1.54) is 17.5 Å². The predicted molar refractivity (Wildman–Crippen MR) is 113 cm³/mol. The summed E-state index contributed by atoms with van der Waals surface area (Å²) in [6.45, 7) is -0.0693. The zero-order chi connectivity index (χ0) is 19.8. The Labute approximate surface area is 168 Å². The Morgan fingerprint density at radius 1 is 1.00 bits per heavy atom. The molecular weight excluding hydrogens is 366 g/mol. The number of anilines is 1. The van der Waals surface area contributed by atoms with Crippen molar-refractivity contribution in [1.29, 1.82) is 0 Å². The predicted octanol–water partition coefficient (Wildman–Crippen LogP) is 5.10. The van der Waals surface area contributed by atoms with Gasteiger partial charge < -0.3 is 19.2 Å². The smallest absolute Gasteiger partial charge is 0.262 e. The lowest BCUT2D eigenvalue weighted by Crippen LogP contribution is -2.20. The van der Waals surface area contributed by atoms with Crippen LogP contribution in [0.4, 0.5) is 5.69 Å². The van der Waals surface area contributed by atoms with Crippen LogP contribution < -0.4 is 14.8 Å². The van der Waals surface area contributed by atoms with Gasteiger partial charge in [-0.15, -0.1) is 0 Å². The molecule has 0 atom stereocenters. The third kappa shape index (κ3) is 3.29.